The lowest BCUT2D eigenvalue weighted by Crippen LogP contribution is -2.09. The van der Waals surface area contributed by atoms with Crippen LogP contribution in [-0.2, 0) is 6.42 Å². The van der Waals surface area contributed by atoms with Crippen molar-refractivity contribution >= 4 is 40.7 Å². The molecule has 128 valence electrons. The van der Waals surface area contributed by atoms with Crippen LogP contribution in [0, 0.1) is 5.82 Å². The molecule has 3 rings (SSSR count). The van der Waals surface area contributed by atoms with Gasteiger partial charge in [0.1, 0.15) is 5.82 Å². The Morgan fingerprint density at radius 2 is 1.84 bits per heavy atom. The zero-order chi connectivity index (χ0) is 17.6. The first-order valence-electron chi connectivity index (χ1n) is 7.50. The van der Waals surface area contributed by atoms with Crippen molar-refractivity contribution in [3.05, 3.63) is 70.1 Å². The minimum absolute atomic E-state index is 0.248. The predicted octanol–water partition coefficient (Wildman–Crippen LogP) is 4.72. The number of rotatable bonds is 6. The fraction of sp³-hybridized carbons (Fsp3) is 0.118. The van der Waals surface area contributed by atoms with Crippen LogP contribution in [0.2, 0.25) is 10.0 Å². The first-order chi connectivity index (χ1) is 12.1. The number of benzene rings is 2. The summed E-state index contributed by atoms with van der Waals surface area (Å²) in [5.74, 6) is 0.622. The molecule has 5 nitrogen and oxygen atoms in total. The highest BCUT2D eigenvalue weighted by molar-refractivity contribution is 6.35. The van der Waals surface area contributed by atoms with Crippen LogP contribution in [0.25, 0.3) is 0 Å². The lowest BCUT2D eigenvalue weighted by atomic mass is 10.1. The number of nitrogens with zero attached hydrogens (tertiary/aromatic N) is 3. The number of aromatic nitrogens is 3. The Hall–Kier alpha value is -2.44. The molecule has 0 fully saturated rings. The highest BCUT2D eigenvalue weighted by Gasteiger charge is 2.05. The number of hydrogen-bond donors (Lipinski definition) is 2. The second kappa shape index (κ2) is 8.09. The molecule has 8 heteroatoms. The topological polar surface area (TPSA) is 62.7 Å². The summed E-state index contributed by atoms with van der Waals surface area (Å²) in [5.41, 5.74) is 1.65. The molecule has 0 unspecified atom stereocenters. The maximum atomic E-state index is 12.9. The molecule has 25 heavy (non-hydrogen) atoms. The van der Waals surface area contributed by atoms with Crippen molar-refractivity contribution < 1.29 is 4.39 Å². The van der Waals surface area contributed by atoms with E-state index >= 15 is 0 Å². The lowest BCUT2D eigenvalue weighted by molar-refractivity contribution is 0.627. The van der Waals surface area contributed by atoms with E-state index in [1.807, 2.05) is 0 Å². The van der Waals surface area contributed by atoms with Crippen LogP contribution in [-0.4, -0.2) is 21.7 Å². The van der Waals surface area contributed by atoms with E-state index in [1.54, 1.807) is 30.3 Å². The monoisotopic (exact) mass is 377 g/mol. The summed E-state index contributed by atoms with van der Waals surface area (Å²) >= 11 is 12.1. The van der Waals surface area contributed by atoms with Crippen molar-refractivity contribution in [2.75, 3.05) is 17.2 Å². The van der Waals surface area contributed by atoms with Gasteiger partial charge < -0.3 is 10.6 Å². The van der Waals surface area contributed by atoms with E-state index < -0.39 is 0 Å². The van der Waals surface area contributed by atoms with Gasteiger partial charge in [-0.15, -0.1) is 5.10 Å². The van der Waals surface area contributed by atoms with Gasteiger partial charge in [-0.1, -0.05) is 35.3 Å². The average molecular weight is 378 g/mol. The van der Waals surface area contributed by atoms with Crippen LogP contribution in [0.3, 0.4) is 0 Å². The van der Waals surface area contributed by atoms with E-state index in [1.165, 1.54) is 18.3 Å². The fourth-order valence-electron chi connectivity index (χ4n) is 2.14. The van der Waals surface area contributed by atoms with Gasteiger partial charge in [-0.3, -0.25) is 0 Å². The molecule has 0 aliphatic carbocycles. The standard InChI is InChI=1S/C17H14Cl2FN5/c18-12-3-6-14(19)15(9-12)23-16-10-22-25-17(24-16)21-8-7-11-1-4-13(20)5-2-11/h1-6,9-10H,7-8H2,(H2,21,23,24,25). The Morgan fingerprint density at radius 1 is 1.04 bits per heavy atom. The smallest absolute Gasteiger partial charge is 0.244 e. The van der Waals surface area contributed by atoms with E-state index in [9.17, 15) is 4.39 Å². The number of nitrogens with one attached hydrogen (secondary N) is 2. The summed E-state index contributed by atoms with van der Waals surface area (Å²) in [7, 11) is 0. The number of hydrogen-bond acceptors (Lipinski definition) is 5. The van der Waals surface area contributed by atoms with E-state index in [2.05, 4.69) is 25.8 Å². The molecule has 0 aliphatic rings. The summed E-state index contributed by atoms with van der Waals surface area (Å²) < 4.78 is 12.9. The Labute approximate surface area is 154 Å². The van der Waals surface area contributed by atoms with Gasteiger partial charge in [-0.2, -0.15) is 10.1 Å². The van der Waals surface area contributed by atoms with Crippen molar-refractivity contribution in [2.45, 2.75) is 6.42 Å². The zero-order valence-electron chi connectivity index (χ0n) is 13.0. The van der Waals surface area contributed by atoms with Crippen molar-refractivity contribution in [1.82, 2.24) is 15.2 Å². The molecule has 0 saturated carbocycles. The van der Waals surface area contributed by atoms with Gasteiger partial charge in [0.15, 0.2) is 5.82 Å². The maximum absolute atomic E-state index is 12.9. The van der Waals surface area contributed by atoms with Crippen LogP contribution in [0.1, 0.15) is 5.56 Å². The van der Waals surface area contributed by atoms with Gasteiger partial charge >= 0.3 is 0 Å². The molecule has 2 N–H and O–H groups in total. The molecule has 0 saturated heterocycles. The Morgan fingerprint density at radius 3 is 2.64 bits per heavy atom. The van der Waals surface area contributed by atoms with E-state index in [-0.39, 0.29) is 5.82 Å². The van der Waals surface area contributed by atoms with Crippen molar-refractivity contribution in [3.63, 3.8) is 0 Å². The third-order valence-electron chi connectivity index (χ3n) is 3.36. The number of halogens is 3. The van der Waals surface area contributed by atoms with Crippen LogP contribution in [0.5, 0.6) is 0 Å². The molecule has 0 amide bonds. The summed E-state index contributed by atoms with van der Waals surface area (Å²) in [6.07, 6.45) is 2.20. The summed E-state index contributed by atoms with van der Waals surface area (Å²) in [5, 5.41) is 15.1. The summed E-state index contributed by atoms with van der Waals surface area (Å²) in [4.78, 5) is 4.33. The minimum atomic E-state index is -0.248. The molecule has 2 aromatic carbocycles. The van der Waals surface area contributed by atoms with Gasteiger partial charge in [-0.05, 0) is 42.3 Å². The molecular formula is C17H14Cl2FN5. The molecule has 1 aromatic heterocycles. The Bertz CT molecular complexity index is 858. The van der Waals surface area contributed by atoms with Crippen LogP contribution in [0.15, 0.2) is 48.7 Å². The second-order valence-corrected chi connectivity index (χ2v) is 6.06. The molecule has 0 spiro atoms. The SMILES string of the molecule is Fc1ccc(CCNc2nncc(Nc3cc(Cl)ccc3Cl)n2)cc1. The van der Waals surface area contributed by atoms with Gasteiger partial charge in [0, 0.05) is 11.6 Å². The van der Waals surface area contributed by atoms with Gasteiger partial charge in [-0.25, -0.2) is 4.39 Å². The van der Waals surface area contributed by atoms with Gasteiger partial charge in [0.05, 0.1) is 16.9 Å². The van der Waals surface area contributed by atoms with Crippen LogP contribution < -0.4 is 10.6 Å². The van der Waals surface area contributed by atoms with Crippen molar-refractivity contribution in [2.24, 2.45) is 0 Å². The maximum Gasteiger partial charge on any atom is 0.244 e. The summed E-state index contributed by atoms with van der Waals surface area (Å²) in [6.45, 7) is 0.592. The highest BCUT2D eigenvalue weighted by atomic mass is 35.5. The predicted molar refractivity (Wildman–Crippen MR) is 98.2 cm³/mol. The lowest BCUT2D eigenvalue weighted by Gasteiger charge is -2.09. The first-order valence-corrected chi connectivity index (χ1v) is 8.26. The molecule has 0 radical (unpaired) electrons. The minimum Gasteiger partial charge on any atom is -0.353 e. The van der Waals surface area contributed by atoms with Gasteiger partial charge in [0.25, 0.3) is 0 Å². The third-order valence-corrected chi connectivity index (χ3v) is 3.92. The van der Waals surface area contributed by atoms with E-state index in [0.29, 0.717) is 40.5 Å². The molecular weight excluding hydrogens is 364 g/mol. The Balaban J connectivity index is 1.61. The summed E-state index contributed by atoms with van der Waals surface area (Å²) in [6, 6.07) is 11.5. The van der Waals surface area contributed by atoms with Crippen LogP contribution in [0.4, 0.5) is 21.8 Å². The Kier molecular flexibility index (Phi) is 5.63. The molecule has 0 atom stereocenters. The normalized spacial score (nSPS) is 10.5. The first kappa shape index (κ1) is 17.4. The number of anilines is 3. The zero-order valence-corrected chi connectivity index (χ0v) is 14.5. The molecule has 1 heterocycles. The van der Waals surface area contributed by atoms with E-state index in [0.717, 1.165) is 5.56 Å². The quantitative estimate of drug-likeness (QED) is 0.650. The average Bonchev–Trinajstić information content (AvgIpc) is 2.60. The van der Waals surface area contributed by atoms with Crippen molar-refractivity contribution in [1.29, 1.82) is 0 Å². The van der Waals surface area contributed by atoms with Crippen LogP contribution >= 0.6 is 23.2 Å². The third kappa shape index (κ3) is 5.01. The molecule has 0 aliphatic heterocycles. The fourth-order valence-corrected chi connectivity index (χ4v) is 2.48. The highest BCUT2D eigenvalue weighted by Crippen LogP contribution is 2.27. The van der Waals surface area contributed by atoms with Gasteiger partial charge in [0.2, 0.25) is 5.95 Å². The largest absolute Gasteiger partial charge is 0.353 e. The van der Waals surface area contributed by atoms with Crippen molar-refractivity contribution in [3.8, 4) is 0 Å². The second-order valence-electron chi connectivity index (χ2n) is 5.22. The molecule has 0 bridgehead atoms. The molecule has 3 aromatic rings. The van der Waals surface area contributed by atoms with E-state index in [4.69, 9.17) is 23.2 Å².